The van der Waals surface area contributed by atoms with E-state index < -0.39 is 15.7 Å². The van der Waals surface area contributed by atoms with Crippen LogP contribution in [0.5, 0.6) is 0 Å². The van der Waals surface area contributed by atoms with Crippen molar-refractivity contribution in [1.29, 1.82) is 0 Å². The van der Waals surface area contributed by atoms with E-state index in [4.69, 9.17) is 4.74 Å². The van der Waals surface area contributed by atoms with Gasteiger partial charge in [-0.05, 0) is 66.6 Å². The van der Waals surface area contributed by atoms with Crippen LogP contribution >= 0.6 is 0 Å². The third-order valence-corrected chi connectivity index (χ3v) is 6.59. The number of halogens is 1. The second-order valence-corrected chi connectivity index (χ2v) is 8.56. The van der Waals surface area contributed by atoms with Gasteiger partial charge in [0.05, 0.1) is 16.4 Å². The van der Waals surface area contributed by atoms with Crippen LogP contribution in [-0.4, -0.2) is 35.2 Å². The highest BCUT2D eigenvalue weighted by Gasteiger charge is 2.24. The first-order chi connectivity index (χ1) is 12.5. The summed E-state index contributed by atoms with van der Waals surface area (Å²) in [6.45, 7) is 2.32. The van der Waals surface area contributed by atoms with Gasteiger partial charge < -0.3 is 10.1 Å². The van der Waals surface area contributed by atoms with E-state index in [2.05, 4.69) is 5.32 Å². The van der Waals surface area contributed by atoms with Crippen LogP contribution in [0.15, 0.2) is 52.3 Å². The quantitative estimate of drug-likeness (QED) is 0.752. The molecule has 0 aromatic heterocycles. The second kappa shape index (κ2) is 8.29. The molecule has 0 fully saturated rings. The molecule has 0 spiro atoms. The molecule has 1 atom stereocenters. The third kappa shape index (κ3) is 4.14. The van der Waals surface area contributed by atoms with Crippen LogP contribution in [0, 0.1) is 5.82 Å². The molecule has 0 heterocycles. The molecule has 4 nitrogen and oxygen atoms in total. The summed E-state index contributed by atoms with van der Waals surface area (Å²) >= 11 is 0. The number of nitrogens with one attached hydrogen (secondary N) is 1. The minimum atomic E-state index is -3.71. The predicted octanol–water partition coefficient (Wildman–Crippen LogP) is 3.31. The number of benzene rings is 2. The number of methoxy groups -OCH3 is 1. The van der Waals surface area contributed by atoms with Gasteiger partial charge in [-0.25, -0.2) is 12.8 Å². The van der Waals surface area contributed by atoms with E-state index in [-0.39, 0.29) is 9.79 Å². The summed E-state index contributed by atoms with van der Waals surface area (Å²) in [5.74, 6) is -0.173. The molecule has 1 aliphatic rings. The molecule has 2 aromatic rings. The monoisotopic (exact) mass is 377 g/mol. The van der Waals surface area contributed by atoms with Crippen molar-refractivity contribution in [2.24, 2.45) is 0 Å². The van der Waals surface area contributed by atoms with Gasteiger partial charge in [0.25, 0.3) is 0 Å². The van der Waals surface area contributed by atoms with Crippen LogP contribution in [0.1, 0.15) is 29.9 Å². The fraction of sp³-hybridized carbons (Fsp3) is 0.400. The maximum absolute atomic E-state index is 13.4. The predicted molar refractivity (Wildman–Crippen MR) is 98.7 cm³/mol. The van der Waals surface area contributed by atoms with Crippen molar-refractivity contribution in [3.63, 3.8) is 0 Å². The fourth-order valence-electron chi connectivity index (χ4n) is 3.49. The smallest absolute Gasteiger partial charge is 0.206 e. The van der Waals surface area contributed by atoms with Crippen LogP contribution in [0.3, 0.4) is 0 Å². The van der Waals surface area contributed by atoms with E-state index >= 15 is 0 Å². The molecular formula is C20H24FNO3S. The minimum absolute atomic E-state index is 0.00829. The summed E-state index contributed by atoms with van der Waals surface area (Å²) in [6, 6.07) is 10.5. The number of rotatable bonds is 7. The Labute approximate surface area is 154 Å². The van der Waals surface area contributed by atoms with Gasteiger partial charge >= 0.3 is 0 Å². The maximum atomic E-state index is 13.4. The van der Waals surface area contributed by atoms with E-state index in [0.29, 0.717) is 12.5 Å². The molecule has 140 valence electrons. The fourth-order valence-corrected chi connectivity index (χ4v) is 4.83. The molecule has 0 aliphatic heterocycles. The van der Waals surface area contributed by atoms with Crippen molar-refractivity contribution in [2.45, 2.75) is 35.0 Å². The van der Waals surface area contributed by atoms with Crippen LogP contribution in [0.4, 0.5) is 4.39 Å². The molecule has 2 aromatic carbocycles. The van der Waals surface area contributed by atoms with Crippen LogP contribution < -0.4 is 5.32 Å². The van der Waals surface area contributed by atoms with Gasteiger partial charge in [-0.15, -0.1) is 0 Å². The molecule has 6 heteroatoms. The summed E-state index contributed by atoms with van der Waals surface area (Å²) < 4.78 is 44.1. The van der Waals surface area contributed by atoms with Crippen molar-refractivity contribution < 1.29 is 17.5 Å². The zero-order valence-electron chi connectivity index (χ0n) is 14.9. The van der Waals surface area contributed by atoms with Crippen molar-refractivity contribution in [3.05, 3.63) is 59.4 Å². The number of sulfone groups is 1. The summed E-state index contributed by atoms with van der Waals surface area (Å²) in [7, 11) is -2.03. The molecule has 1 N–H and O–H groups in total. The topological polar surface area (TPSA) is 55.4 Å². The highest BCUT2D eigenvalue weighted by atomic mass is 32.2. The molecule has 0 amide bonds. The average Bonchev–Trinajstić information content (AvgIpc) is 2.65. The van der Waals surface area contributed by atoms with Crippen molar-refractivity contribution >= 4 is 9.84 Å². The van der Waals surface area contributed by atoms with E-state index in [0.717, 1.165) is 44.0 Å². The lowest BCUT2D eigenvalue weighted by Crippen LogP contribution is -2.27. The third-order valence-electron chi connectivity index (χ3n) is 4.84. The first kappa shape index (κ1) is 19.0. The molecular weight excluding hydrogens is 353 g/mol. The van der Waals surface area contributed by atoms with Crippen molar-refractivity contribution in [1.82, 2.24) is 5.32 Å². The Balaban J connectivity index is 1.84. The summed E-state index contributed by atoms with van der Waals surface area (Å²) in [6.07, 6.45) is 2.99. The molecule has 26 heavy (non-hydrogen) atoms. The minimum Gasteiger partial charge on any atom is -0.383 e. The van der Waals surface area contributed by atoms with Gasteiger partial charge in [0.2, 0.25) is 9.84 Å². The summed E-state index contributed by atoms with van der Waals surface area (Å²) in [5, 5.41) is 3.39. The zero-order valence-corrected chi connectivity index (χ0v) is 15.7. The lowest BCUT2D eigenvalue weighted by Gasteiger charge is -2.26. The molecule has 0 saturated heterocycles. The first-order valence-corrected chi connectivity index (χ1v) is 10.3. The number of hydrogen-bond acceptors (Lipinski definition) is 4. The first-order valence-electron chi connectivity index (χ1n) is 8.85. The van der Waals surface area contributed by atoms with Gasteiger partial charge in [-0.1, -0.05) is 12.1 Å². The van der Waals surface area contributed by atoms with E-state index in [1.165, 1.54) is 23.8 Å². The zero-order chi connectivity index (χ0) is 18.6. The highest BCUT2D eigenvalue weighted by molar-refractivity contribution is 7.91. The van der Waals surface area contributed by atoms with Gasteiger partial charge in [0.15, 0.2) is 0 Å². The van der Waals surface area contributed by atoms with Crippen LogP contribution in [0.25, 0.3) is 0 Å². The van der Waals surface area contributed by atoms with Gasteiger partial charge in [0.1, 0.15) is 5.82 Å². The lowest BCUT2D eigenvalue weighted by atomic mass is 9.83. The maximum Gasteiger partial charge on any atom is 0.206 e. The van der Waals surface area contributed by atoms with Gasteiger partial charge in [-0.2, -0.15) is 0 Å². The van der Waals surface area contributed by atoms with E-state index in [1.807, 2.05) is 6.07 Å². The van der Waals surface area contributed by atoms with Gasteiger partial charge in [0, 0.05) is 20.2 Å². The van der Waals surface area contributed by atoms with Crippen LogP contribution in [0.2, 0.25) is 0 Å². The molecule has 3 rings (SSSR count). The largest absolute Gasteiger partial charge is 0.383 e. The standard InChI is InChI=1S/C20H24FNO3S/c1-25-11-10-22-14-16-5-2-4-15-12-19(8-9-20(15)16)26(23,24)18-7-3-6-17(21)13-18/h3,6-9,12-13,16,22H,2,4-5,10-11,14H2,1H3/t16-/m0/s1. The summed E-state index contributed by atoms with van der Waals surface area (Å²) in [5.41, 5.74) is 2.28. The number of ether oxygens (including phenoxy) is 1. The molecule has 1 aliphatic carbocycles. The van der Waals surface area contributed by atoms with E-state index in [1.54, 1.807) is 19.2 Å². The number of hydrogen-bond donors (Lipinski definition) is 1. The molecule has 0 unspecified atom stereocenters. The Bertz CT molecular complexity index is 867. The van der Waals surface area contributed by atoms with Crippen molar-refractivity contribution in [3.8, 4) is 0 Å². The Hall–Kier alpha value is -1.76. The second-order valence-electron chi connectivity index (χ2n) is 6.61. The Morgan fingerprint density at radius 2 is 2.00 bits per heavy atom. The number of aryl methyl sites for hydroxylation is 1. The Morgan fingerprint density at radius 3 is 2.77 bits per heavy atom. The summed E-state index contributed by atoms with van der Waals surface area (Å²) in [4.78, 5) is 0.223. The molecule has 0 bridgehead atoms. The van der Waals surface area contributed by atoms with E-state index in [9.17, 15) is 12.8 Å². The lowest BCUT2D eigenvalue weighted by molar-refractivity contribution is 0.198. The van der Waals surface area contributed by atoms with Crippen LogP contribution in [-0.2, 0) is 21.0 Å². The SMILES string of the molecule is COCCNC[C@@H]1CCCc2cc(S(=O)(=O)c3cccc(F)c3)ccc21. The molecule has 0 radical (unpaired) electrons. The highest BCUT2D eigenvalue weighted by Crippen LogP contribution is 2.33. The number of fused-ring (bicyclic) bond motifs is 1. The Kier molecular flexibility index (Phi) is 6.06. The van der Waals surface area contributed by atoms with Gasteiger partial charge in [-0.3, -0.25) is 0 Å². The Morgan fingerprint density at radius 1 is 1.19 bits per heavy atom. The average molecular weight is 377 g/mol. The molecule has 0 saturated carbocycles. The normalized spacial score (nSPS) is 17.1. The van der Waals surface area contributed by atoms with Crippen molar-refractivity contribution in [2.75, 3.05) is 26.8 Å².